The van der Waals surface area contributed by atoms with Gasteiger partial charge in [-0.25, -0.2) is 0 Å². The van der Waals surface area contributed by atoms with Crippen molar-refractivity contribution in [3.8, 4) is 0 Å². The number of hydrogen-bond acceptors (Lipinski definition) is 2. The third-order valence-electron chi connectivity index (χ3n) is 3.07. The summed E-state index contributed by atoms with van der Waals surface area (Å²) in [4.78, 5) is 23.7. The molecule has 0 amide bonds. The largest absolute Gasteiger partial charge is 0.285 e. The predicted octanol–water partition coefficient (Wildman–Crippen LogP) is 2.56. The molecule has 0 saturated heterocycles. The lowest BCUT2D eigenvalue weighted by molar-refractivity contribution is -0.111. The average molecular weight is 210 g/mol. The van der Waals surface area contributed by atoms with E-state index in [2.05, 4.69) is 6.08 Å². The highest BCUT2D eigenvalue weighted by Crippen LogP contribution is 2.35. The maximum atomic E-state index is 11.9. The number of rotatable bonds is 0. The van der Waals surface area contributed by atoms with Gasteiger partial charge in [0.25, 0.3) is 0 Å². The SMILES string of the molecule is O=C1C(=O)c2ccccc2C2=CCCC=C12. The molecule has 16 heavy (non-hydrogen) atoms. The summed E-state index contributed by atoms with van der Waals surface area (Å²) in [6.45, 7) is 0. The number of hydrogen-bond donors (Lipinski definition) is 0. The molecule has 1 aromatic rings. The molecule has 0 bridgehead atoms. The van der Waals surface area contributed by atoms with Crippen LogP contribution in [0.3, 0.4) is 0 Å². The van der Waals surface area contributed by atoms with Gasteiger partial charge in [0.15, 0.2) is 0 Å². The second-order valence-corrected chi connectivity index (χ2v) is 4.02. The molecular formula is C14H10O2. The fraction of sp³-hybridized carbons (Fsp3) is 0.143. The Hall–Kier alpha value is -1.96. The molecule has 0 aromatic heterocycles. The van der Waals surface area contributed by atoms with E-state index in [-0.39, 0.29) is 11.6 Å². The van der Waals surface area contributed by atoms with Crippen LogP contribution in [0, 0.1) is 0 Å². The number of ketones is 2. The maximum Gasteiger partial charge on any atom is 0.234 e. The summed E-state index contributed by atoms with van der Waals surface area (Å²) < 4.78 is 0. The molecule has 0 aliphatic heterocycles. The number of carbonyl (C=O) groups excluding carboxylic acids is 2. The van der Waals surface area contributed by atoms with E-state index in [1.54, 1.807) is 12.1 Å². The Morgan fingerprint density at radius 3 is 2.12 bits per heavy atom. The number of fused-ring (bicyclic) bond motifs is 3. The van der Waals surface area contributed by atoms with Gasteiger partial charge in [0.2, 0.25) is 11.6 Å². The molecule has 0 spiro atoms. The zero-order chi connectivity index (χ0) is 11.1. The standard InChI is InChI=1S/C14H10O2/c15-13-11-7-3-1-5-9(11)10-6-2-4-8-12(10)14(13)16/h1,3,5-8H,2,4H2. The molecule has 2 heteroatoms. The number of allylic oxidation sites excluding steroid dienone is 4. The average Bonchev–Trinajstić information content (AvgIpc) is 2.36. The lowest BCUT2D eigenvalue weighted by Gasteiger charge is -2.22. The summed E-state index contributed by atoms with van der Waals surface area (Å²) in [7, 11) is 0. The molecular weight excluding hydrogens is 200 g/mol. The highest BCUT2D eigenvalue weighted by atomic mass is 16.2. The van der Waals surface area contributed by atoms with E-state index >= 15 is 0 Å². The minimum absolute atomic E-state index is 0.357. The van der Waals surface area contributed by atoms with E-state index in [0.29, 0.717) is 11.1 Å². The molecule has 2 aliphatic carbocycles. The Morgan fingerprint density at radius 2 is 1.38 bits per heavy atom. The van der Waals surface area contributed by atoms with Crippen molar-refractivity contribution in [3.05, 3.63) is 53.1 Å². The molecule has 3 rings (SSSR count). The molecule has 0 saturated carbocycles. The summed E-state index contributed by atoms with van der Waals surface area (Å²) >= 11 is 0. The molecule has 0 unspecified atom stereocenters. The zero-order valence-corrected chi connectivity index (χ0v) is 8.69. The first-order valence-electron chi connectivity index (χ1n) is 5.38. The molecule has 2 aliphatic rings. The minimum atomic E-state index is -0.374. The van der Waals surface area contributed by atoms with Crippen LogP contribution >= 0.6 is 0 Å². The van der Waals surface area contributed by atoms with Gasteiger partial charge >= 0.3 is 0 Å². The predicted molar refractivity (Wildman–Crippen MR) is 61.1 cm³/mol. The van der Waals surface area contributed by atoms with Crippen LogP contribution in [0.4, 0.5) is 0 Å². The van der Waals surface area contributed by atoms with E-state index < -0.39 is 0 Å². The van der Waals surface area contributed by atoms with E-state index in [9.17, 15) is 9.59 Å². The van der Waals surface area contributed by atoms with Crippen molar-refractivity contribution in [3.63, 3.8) is 0 Å². The monoisotopic (exact) mass is 210 g/mol. The van der Waals surface area contributed by atoms with Crippen LogP contribution in [0.2, 0.25) is 0 Å². The molecule has 2 nitrogen and oxygen atoms in total. The number of Topliss-reactive ketones (excluding diaryl/α,β-unsaturated/α-hetero) is 2. The van der Waals surface area contributed by atoms with Gasteiger partial charge in [0.05, 0.1) is 0 Å². The van der Waals surface area contributed by atoms with Gasteiger partial charge in [-0.05, 0) is 24.0 Å². The van der Waals surface area contributed by atoms with Gasteiger partial charge in [-0.1, -0.05) is 36.4 Å². The van der Waals surface area contributed by atoms with E-state index in [1.165, 1.54) is 0 Å². The van der Waals surface area contributed by atoms with Gasteiger partial charge in [0, 0.05) is 11.1 Å². The Bertz CT molecular complexity index is 562. The summed E-state index contributed by atoms with van der Waals surface area (Å²) in [6.07, 6.45) is 5.72. The fourth-order valence-corrected chi connectivity index (χ4v) is 2.31. The first-order valence-corrected chi connectivity index (χ1v) is 5.38. The van der Waals surface area contributed by atoms with Gasteiger partial charge in [-0.2, -0.15) is 0 Å². The van der Waals surface area contributed by atoms with Crippen LogP contribution in [0.15, 0.2) is 42.0 Å². The maximum absolute atomic E-state index is 11.9. The third-order valence-corrected chi connectivity index (χ3v) is 3.07. The quantitative estimate of drug-likeness (QED) is 0.617. The van der Waals surface area contributed by atoms with Gasteiger partial charge in [0.1, 0.15) is 0 Å². The Labute approximate surface area is 93.3 Å². The lowest BCUT2D eigenvalue weighted by Crippen LogP contribution is -2.25. The van der Waals surface area contributed by atoms with Crippen molar-refractivity contribution in [2.75, 3.05) is 0 Å². The number of carbonyl (C=O) groups is 2. The second kappa shape index (κ2) is 3.27. The minimum Gasteiger partial charge on any atom is -0.285 e. The molecule has 0 fully saturated rings. The van der Waals surface area contributed by atoms with Crippen molar-refractivity contribution < 1.29 is 9.59 Å². The third kappa shape index (κ3) is 1.13. The van der Waals surface area contributed by atoms with Crippen LogP contribution in [0.25, 0.3) is 5.57 Å². The van der Waals surface area contributed by atoms with Crippen LogP contribution in [0.1, 0.15) is 28.8 Å². The van der Waals surface area contributed by atoms with E-state index in [0.717, 1.165) is 24.0 Å². The van der Waals surface area contributed by atoms with Crippen molar-refractivity contribution in [2.45, 2.75) is 12.8 Å². The molecule has 0 heterocycles. The Balaban J connectivity index is 2.32. The van der Waals surface area contributed by atoms with Crippen molar-refractivity contribution in [2.24, 2.45) is 0 Å². The smallest absolute Gasteiger partial charge is 0.234 e. The first-order chi connectivity index (χ1) is 7.79. The summed E-state index contributed by atoms with van der Waals surface area (Å²) in [5.74, 6) is -0.731. The second-order valence-electron chi connectivity index (χ2n) is 4.02. The highest BCUT2D eigenvalue weighted by molar-refractivity contribution is 6.54. The van der Waals surface area contributed by atoms with Crippen LogP contribution in [-0.2, 0) is 4.79 Å². The van der Waals surface area contributed by atoms with Crippen molar-refractivity contribution in [1.29, 1.82) is 0 Å². The molecule has 0 N–H and O–H groups in total. The topological polar surface area (TPSA) is 34.1 Å². The summed E-state index contributed by atoms with van der Waals surface area (Å²) in [6, 6.07) is 7.32. The van der Waals surface area contributed by atoms with Crippen LogP contribution in [0.5, 0.6) is 0 Å². The first kappa shape index (κ1) is 9.28. The zero-order valence-electron chi connectivity index (χ0n) is 8.69. The fourth-order valence-electron chi connectivity index (χ4n) is 2.31. The lowest BCUT2D eigenvalue weighted by atomic mass is 9.79. The van der Waals surface area contributed by atoms with E-state index in [1.807, 2.05) is 18.2 Å². The van der Waals surface area contributed by atoms with Gasteiger partial charge in [-0.15, -0.1) is 0 Å². The Kier molecular flexibility index (Phi) is 1.90. The Morgan fingerprint density at radius 1 is 0.750 bits per heavy atom. The van der Waals surface area contributed by atoms with Crippen LogP contribution in [-0.4, -0.2) is 11.6 Å². The van der Waals surface area contributed by atoms with Gasteiger partial charge < -0.3 is 0 Å². The highest BCUT2D eigenvalue weighted by Gasteiger charge is 2.32. The van der Waals surface area contributed by atoms with Crippen molar-refractivity contribution >= 4 is 17.1 Å². The van der Waals surface area contributed by atoms with Gasteiger partial charge in [-0.3, -0.25) is 9.59 Å². The summed E-state index contributed by atoms with van der Waals surface area (Å²) in [5.41, 5.74) is 2.97. The number of benzene rings is 1. The normalized spacial score (nSPS) is 18.5. The molecule has 1 aromatic carbocycles. The summed E-state index contributed by atoms with van der Waals surface area (Å²) in [5, 5.41) is 0. The molecule has 0 atom stereocenters. The molecule has 78 valence electrons. The van der Waals surface area contributed by atoms with Crippen LogP contribution < -0.4 is 0 Å². The van der Waals surface area contributed by atoms with E-state index in [4.69, 9.17) is 0 Å². The molecule has 0 radical (unpaired) electrons. The van der Waals surface area contributed by atoms with Crippen molar-refractivity contribution in [1.82, 2.24) is 0 Å².